The lowest BCUT2D eigenvalue weighted by Gasteiger charge is -2.13. The number of rotatable bonds is 6. The Labute approximate surface area is 118 Å². The van der Waals surface area contributed by atoms with Crippen LogP contribution in [0.2, 0.25) is 0 Å². The van der Waals surface area contributed by atoms with Crippen LogP contribution < -0.4 is 14.2 Å². The lowest BCUT2D eigenvalue weighted by atomic mass is 10.0. The van der Waals surface area contributed by atoms with Gasteiger partial charge in [-0.3, -0.25) is 4.79 Å². The molecule has 0 saturated heterocycles. The van der Waals surface area contributed by atoms with Gasteiger partial charge in [0.2, 0.25) is 5.75 Å². The molecule has 20 heavy (non-hydrogen) atoms. The van der Waals surface area contributed by atoms with Gasteiger partial charge in [0.25, 0.3) is 0 Å². The first-order chi connectivity index (χ1) is 9.33. The molecule has 1 rings (SSSR count). The van der Waals surface area contributed by atoms with Crippen molar-refractivity contribution in [3.05, 3.63) is 23.8 Å². The topological polar surface area (TPSA) is 65.0 Å². The first-order valence-corrected chi connectivity index (χ1v) is 6.08. The van der Waals surface area contributed by atoms with E-state index in [1.165, 1.54) is 41.3 Å². The second-order valence-electron chi connectivity index (χ2n) is 4.72. The maximum absolute atomic E-state index is 11.6. The average molecular weight is 280 g/mol. The Morgan fingerprint density at radius 1 is 1.10 bits per heavy atom. The smallest absolute Gasteiger partial charge is 0.203 e. The Bertz CT molecular complexity index is 486. The number of carbonyl (C=O) groups excluding carboxylic acids is 1. The third-order valence-electron chi connectivity index (χ3n) is 2.72. The molecule has 5 heteroatoms. The van der Waals surface area contributed by atoms with Crippen LogP contribution in [0.4, 0.5) is 0 Å². The number of aliphatic hydroxyl groups is 1. The number of methoxy groups -OCH3 is 3. The molecule has 0 aliphatic heterocycles. The van der Waals surface area contributed by atoms with E-state index < -0.39 is 5.60 Å². The van der Waals surface area contributed by atoms with Crippen LogP contribution in [0.1, 0.15) is 19.4 Å². The lowest BCUT2D eigenvalue weighted by Crippen LogP contribution is -2.29. The summed E-state index contributed by atoms with van der Waals surface area (Å²) in [4.78, 5) is 11.6. The molecule has 0 atom stereocenters. The summed E-state index contributed by atoms with van der Waals surface area (Å²) in [5.41, 5.74) is -0.686. The summed E-state index contributed by atoms with van der Waals surface area (Å²) in [5.74, 6) is 1.11. The van der Waals surface area contributed by atoms with E-state index in [0.717, 1.165) is 0 Å². The molecule has 0 aromatic heterocycles. The molecule has 0 saturated carbocycles. The molecule has 0 radical (unpaired) electrons. The second kappa shape index (κ2) is 6.43. The predicted octanol–water partition coefficient (Wildman–Crippen LogP) is 2.07. The van der Waals surface area contributed by atoms with Crippen molar-refractivity contribution in [1.29, 1.82) is 0 Å². The van der Waals surface area contributed by atoms with Crippen molar-refractivity contribution in [2.75, 3.05) is 21.3 Å². The molecule has 0 aliphatic carbocycles. The van der Waals surface area contributed by atoms with Crippen LogP contribution in [0, 0.1) is 0 Å². The van der Waals surface area contributed by atoms with Gasteiger partial charge >= 0.3 is 0 Å². The molecule has 5 nitrogen and oxygen atoms in total. The minimum absolute atomic E-state index is 0.383. The minimum atomic E-state index is -1.39. The van der Waals surface area contributed by atoms with Crippen molar-refractivity contribution in [3.63, 3.8) is 0 Å². The molecule has 0 heterocycles. The van der Waals surface area contributed by atoms with E-state index in [-0.39, 0.29) is 5.78 Å². The molecule has 0 bridgehead atoms. The Morgan fingerprint density at radius 3 is 1.95 bits per heavy atom. The van der Waals surface area contributed by atoms with Crippen molar-refractivity contribution in [3.8, 4) is 17.2 Å². The van der Waals surface area contributed by atoms with E-state index in [1.54, 1.807) is 18.2 Å². The first-order valence-electron chi connectivity index (χ1n) is 6.08. The van der Waals surface area contributed by atoms with Crippen LogP contribution in [0.25, 0.3) is 6.08 Å². The predicted molar refractivity (Wildman–Crippen MR) is 76.4 cm³/mol. The highest BCUT2D eigenvalue weighted by Gasteiger charge is 2.20. The van der Waals surface area contributed by atoms with Crippen molar-refractivity contribution < 1.29 is 24.1 Å². The molecule has 1 N–H and O–H groups in total. The Morgan fingerprint density at radius 2 is 1.60 bits per heavy atom. The van der Waals surface area contributed by atoms with Gasteiger partial charge in [0, 0.05) is 0 Å². The zero-order chi connectivity index (χ0) is 15.3. The molecule has 0 unspecified atom stereocenters. The summed E-state index contributed by atoms with van der Waals surface area (Å²) in [5, 5.41) is 9.58. The number of carbonyl (C=O) groups is 1. The largest absolute Gasteiger partial charge is 0.493 e. The average Bonchev–Trinajstić information content (AvgIpc) is 2.42. The quantitative estimate of drug-likeness (QED) is 0.808. The standard InChI is InChI=1S/C15H20O5/c1-15(2,17)13(16)7-6-10-8-11(18-3)14(20-5)12(9-10)19-4/h6-9,17H,1-5H3. The van der Waals surface area contributed by atoms with E-state index >= 15 is 0 Å². The normalized spacial score (nSPS) is 11.5. The maximum atomic E-state index is 11.6. The van der Waals surface area contributed by atoms with Crippen LogP contribution in [-0.4, -0.2) is 37.8 Å². The van der Waals surface area contributed by atoms with E-state index in [1.807, 2.05) is 0 Å². The minimum Gasteiger partial charge on any atom is -0.493 e. The molecular formula is C15H20O5. The van der Waals surface area contributed by atoms with Gasteiger partial charge in [0.05, 0.1) is 21.3 Å². The van der Waals surface area contributed by atoms with Crippen LogP contribution in [-0.2, 0) is 4.79 Å². The molecule has 0 aliphatic rings. The third-order valence-corrected chi connectivity index (χ3v) is 2.72. The zero-order valence-corrected chi connectivity index (χ0v) is 12.4. The monoisotopic (exact) mass is 280 g/mol. The first kappa shape index (κ1) is 16.0. The second-order valence-corrected chi connectivity index (χ2v) is 4.72. The van der Waals surface area contributed by atoms with Gasteiger partial charge < -0.3 is 19.3 Å². The molecule has 1 aromatic rings. The highest BCUT2D eigenvalue weighted by Crippen LogP contribution is 2.38. The van der Waals surface area contributed by atoms with Crippen molar-refractivity contribution >= 4 is 11.9 Å². The van der Waals surface area contributed by atoms with Gasteiger partial charge in [-0.15, -0.1) is 0 Å². The summed E-state index contributed by atoms with van der Waals surface area (Å²) in [7, 11) is 4.56. The Kier molecular flexibility index (Phi) is 5.16. The summed E-state index contributed by atoms with van der Waals surface area (Å²) in [6.45, 7) is 2.88. The van der Waals surface area contributed by atoms with E-state index in [9.17, 15) is 9.90 Å². The summed E-state index contributed by atoms with van der Waals surface area (Å²) >= 11 is 0. The van der Waals surface area contributed by atoms with E-state index in [0.29, 0.717) is 22.8 Å². The van der Waals surface area contributed by atoms with Crippen LogP contribution in [0.15, 0.2) is 18.2 Å². The molecule has 0 fully saturated rings. The maximum Gasteiger partial charge on any atom is 0.203 e. The van der Waals surface area contributed by atoms with Crippen LogP contribution >= 0.6 is 0 Å². The molecule has 1 aromatic carbocycles. The molecule has 0 spiro atoms. The fourth-order valence-corrected chi connectivity index (χ4v) is 1.57. The highest BCUT2D eigenvalue weighted by atomic mass is 16.5. The Hall–Kier alpha value is -2.01. The lowest BCUT2D eigenvalue weighted by molar-refractivity contribution is -0.128. The highest BCUT2D eigenvalue weighted by molar-refractivity contribution is 5.99. The molecule has 110 valence electrons. The van der Waals surface area contributed by atoms with Gasteiger partial charge in [0.15, 0.2) is 17.3 Å². The number of benzene rings is 1. The Balaban J connectivity index is 3.14. The van der Waals surface area contributed by atoms with Crippen molar-refractivity contribution in [2.24, 2.45) is 0 Å². The molecular weight excluding hydrogens is 260 g/mol. The van der Waals surface area contributed by atoms with Gasteiger partial charge in [-0.1, -0.05) is 6.08 Å². The van der Waals surface area contributed by atoms with Crippen molar-refractivity contribution in [1.82, 2.24) is 0 Å². The summed E-state index contributed by atoms with van der Waals surface area (Å²) < 4.78 is 15.7. The van der Waals surface area contributed by atoms with E-state index in [2.05, 4.69) is 0 Å². The van der Waals surface area contributed by atoms with Gasteiger partial charge in [-0.2, -0.15) is 0 Å². The SMILES string of the molecule is COc1cc(C=CC(=O)C(C)(C)O)cc(OC)c1OC. The number of ketones is 1. The van der Waals surface area contributed by atoms with Crippen molar-refractivity contribution in [2.45, 2.75) is 19.4 Å². The number of ether oxygens (including phenoxy) is 3. The zero-order valence-electron chi connectivity index (χ0n) is 12.4. The van der Waals surface area contributed by atoms with Crippen LogP contribution in [0.3, 0.4) is 0 Å². The van der Waals surface area contributed by atoms with Crippen LogP contribution in [0.5, 0.6) is 17.2 Å². The van der Waals surface area contributed by atoms with Gasteiger partial charge in [0.1, 0.15) is 5.60 Å². The van der Waals surface area contributed by atoms with Gasteiger partial charge in [-0.25, -0.2) is 0 Å². The fourth-order valence-electron chi connectivity index (χ4n) is 1.57. The summed E-state index contributed by atoms with van der Waals surface area (Å²) in [6.07, 6.45) is 2.91. The molecule has 0 amide bonds. The number of hydrogen-bond donors (Lipinski definition) is 1. The third kappa shape index (κ3) is 3.74. The summed E-state index contributed by atoms with van der Waals surface area (Å²) in [6, 6.07) is 3.44. The van der Waals surface area contributed by atoms with Gasteiger partial charge in [-0.05, 0) is 37.6 Å². The number of hydrogen-bond acceptors (Lipinski definition) is 5. The van der Waals surface area contributed by atoms with E-state index in [4.69, 9.17) is 14.2 Å². The fraction of sp³-hybridized carbons (Fsp3) is 0.400.